The largest absolute Gasteiger partial charge is 0.463 e. The van der Waals surface area contributed by atoms with Crippen LogP contribution >= 0.6 is 0 Å². The van der Waals surface area contributed by atoms with Crippen LogP contribution in [-0.4, -0.2) is 25.3 Å². The van der Waals surface area contributed by atoms with Gasteiger partial charge in [-0.3, -0.25) is 4.79 Å². The van der Waals surface area contributed by atoms with Gasteiger partial charge in [0, 0.05) is 13.5 Å². The standard InChI is InChI=1S/C9H18O3/c1-7(2)5-11-8(3)6-12-9(4)10/h7-8H,5-6H2,1-4H3. The normalized spacial score (nSPS) is 13.1. The molecule has 0 aliphatic heterocycles. The fourth-order valence-electron chi connectivity index (χ4n) is 0.640. The van der Waals surface area contributed by atoms with Crippen LogP contribution in [0.1, 0.15) is 27.7 Å². The maximum absolute atomic E-state index is 10.4. The first-order valence-corrected chi connectivity index (χ1v) is 4.27. The van der Waals surface area contributed by atoms with Crippen LogP contribution in [0.5, 0.6) is 0 Å². The van der Waals surface area contributed by atoms with E-state index in [9.17, 15) is 4.79 Å². The fraction of sp³-hybridized carbons (Fsp3) is 0.889. The maximum Gasteiger partial charge on any atom is 0.302 e. The predicted octanol–water partition coefficient (Wildman–Crippen LogP) is 1.61. The molecule has 0 spiro atoms. The molecule has 0 aliphatic rings. The Kier molecular flexibility index (Phi) is 5.72. The molecule has 0 rings (SSSR count). The van der Waals surface area contributed by atoms with Crippen molar-refractivity contribution in [1.29, 1.82) is 0 Å². The van der Waals surface area contributed by atoms with Gasteiger partial charge in [-0.2, -0.15) is 0 Å². The molecule has 1 atom stereocenters. The van der Waals surface area contributed by atoms with Crippen molar-refractivity contribution in [1.82, 2.24) is 0 Å². The monoisotopic (exact) mass is 174 g/mol. The predicted molar refractivity (Wildman–Crippen MR) is 46.9 cm³/mol. The third kappa shape index (κ3) is 7.54. The Morgan fingerprint density at radius 2 is 1.83 bits per heavy atom. The van der Waals surface area contributed by atoms with Crippen LogP contribution in [0.2, 0.25) is 0 Å². The number of carbonyl (C=O) groups is 1. The van der Waals surface area contributed by atoms with Gasteiger partial charge in [-0.05, 0) is 12.8 Å². The zero-order chi connectivity index (χ0) is 9.56. The van der Waals surface area contributed by atoms with E-state index in [0.29, 0.717) is 19.1 Å². The van der Waals surface area contributed by atoms with E-state index >= 15 is 0 Å². The van der Waals surface area contributed by atoms with Gasteiger partial charge in [0.05, 0.1) is 6.10 Å². The summed E-state index contributed by atoms with van der Waals surface area (Å²) in [4.78, 5) is 10.4. The van der Waals surface area contributed by atoms with Gasteiger partial charge >= 0.3 is 5.97 Å². The molecule has 1 unspecified atom stereocenters. The van der Waals surface area contributed by atoms with Crippen molar-refractivity contribution in [3.63, 3.8) is 0 Å². The van der Waals surface area contributed by atoms with E-state index in [4.69, 9.17) is 9.47 Å². The summed E-state index contributed by atoms with van der Waals surface area (Å²) in [6.07, 6.45) is -0.00343. The highest BCUT2D eigenvalue weighted by Gasteiger charge is 2.04. The summed E-state index contributed by atoms with van der Waals surface area (Å²) in [7, 11) is 0. The minimum atomic E-state index is -0.255. The minimum Gasteiger partial charge on any atom is -0.463 e. The van der Waals surface area contributed by atoms with Gasteiger partial charge in [0.15, 0.2) is 0 Å². The van der Waals surface area contributed by atoms with E-state index < -0.39 is 0 Å². The summed E-state index contributed by atoms with van der Waals surface area (Å²) >= 11 is 0. The average molecular weight is 174 g/mol. The highest BCUT2D eigenvalue weighted by atomic mass is 16.6. The highest BCUT2D eigenvalue weighted by molar-refractivity contribution is 5.65. The lowest BCUT2D eigenvalue weighted by atomic mass is 10.2. The lowest BCUT2D eigenvalue weighted by molar-refractivity contribution is -0.145. The fourth-order valence-corrected chi connectivity index (χ4v) is 0.640. The van der Waals surface area contributed by atoms with Crippen molar-refractivity contribution in [2.45, 2.75) is 33.8 Å². The molecule has 3 heteroatoms. The number of ether oxygens (including phenoxy) is 2. The lowest BCUT2D eigenvalue weighted by Crippen LogP contribution is -2.19. The van der Waals surface area contributed by atoms with Crippen LogP contribution < -0.4 is 0 Å². The van der Waals surface area contributed by atoms with Gasteiger partial charge in [0.1, 0.15) is 6.61 Å². The molecule has 72 valence electrons. The molecule has 12 heavy (non-hydrogen) atoms. The van der Waals surface area contributed by atoms with Crippen molar-refractivity contribution in [3.05, 3.63) is 0 Å². The second-order valence-corrected chi connectivity index (χ2v) is 3.34. The molecule has 0 aromatic rings. The molecule has 0 aromatic heterocycles. The Bertz CT molecular complexity index is 132. The maximum atomic E-state index is 10.4. The Balaban J connectivity index is 3.33. The molecule has 0 aromatic carbocycles. The van der Waals surface area contributed by atoms with E-state index in [2.05, 4.69) is 13.8 Å². The van der Waals surface area contributed by atoms with Gasteiger partial charge in [-0.25, -0.2) is 0 Å². The molecule has 0 aliphatic carbocycles. The summed E-state index contributed by atoms with van der Waals surface area (Å²) in [5.41, 5.74) is 0. The minimum absolute atomic E-state index is 0.00343. The zero-order valence-corrected chi connectivity index (χ0v) is 8.29. The van der Waals surface area contributed by atoms with Crippen LogP contribution in [0, 0.1) is 5.92 Å². The van der Waals surface area contributed by atoms with Gasteiger partial charge in [0.25, 0.3) is 0 Å². The van der Waals surface area contributed by atoms with Crippen LogP contribution in [-0.2, 0) is 14.3 Å². The van der Waals surface area contributed by atoms with E-state index in [-0.39, 0.29) is 12.1 Å². The van der Waals surface area contributed by atoms with Crippen molar-refractivity contribution < 1.29 is 14.3 Å². The second-order valence-electron chi connectivity index (χ2n) is 3.34. The van der Waals surface area contributed by atoms with Crippen LogP contribution in [0.3, 0.4) is 0 Å². The van der Waals surface area contributed by atoms with Gasteiger partial charge in [-0.1, -0.05) is 13.8 Å². The Morgan fingerprint density at radius 1 is 1.25 bits per heavy atom. The highest BCUT2D eigenvalue weighted by Crippen LogP contribution is 1.98. The SMILES string of the molecule is CC(=O)OCC(C)OCC(C)C. The Morgan fingerprint density at radius 3 is 2.25 bits per heavy atom. The molecule has 0 heterocycles. The van der Waals surface area contributed by atoms with E-state index in [0.717, 1.165) is 0 Å². The van der Waals surface area contributed by atoms with Crippen molar-refractivity contribution in [2.75, 3.05) is 13.2 Å². The van der Waals surface area contributed by atoms with Gasteiger partial charge in [-0.15, -0.1) is 0 Å². The van der Waals surface area contributed by atoms with Crippen LogP contribution in [0.4, 0.5) is 0 Å². The zero-order valence-electron chi connectivity index (χ0n) is 8.29. The van der Waals surface area contributed by atoms with Crippen molar-refractivity contribution in [3.8, 4) is 0 Å². The first-order chi connectivity index (χ1) is 5.52. The molecular formula is C9H18O3. The molecule has 0 bridgehead atoms. The van der Waals surface area contributed by atoms with Gasteiger partial charge < -0.3 is 9.47 Å². The molecule has 0 saturated carbocycles. The second kappa shape index (κ2) is 6.00. The van der Waals surface area contributed by atoms with E-state index in [1.807, 2.05) is 6.92 Å². The Labute approximate surface area is 74.0 Å². The van der Waals surface area contributed by atoms with Crippen molar-refractivity contribution in [2.24, 2.45) is 5.92 Å². The summed E-state index contributed by atoms with van der Waals surface area (Å²) in [5, 5.41) is 0. The van der Waals surface area contributed by atoms with E-state index in [1.54, 1.807) is 0 Å². The number of hydrogen-bond acceptors (Lipinski definition) is 3. The first kappa shape index (κ1) is 11.4. The number of carbonyl (C=O) groups excluding carboxylic acids is 1. The average Bonchev–Trinajstić information content (AvgIpc) is 1.96. The number of hydrogen-bond donors (Lipinski definition) is 0. The number of rotatable bonds is 5. The van der Waals surface area contributed by atoms with Gasteiger partial charge in [0.2, 0.25) is 0 Å². The van der Waals surface area contributed by atoms with E-state index in [1.165, 1.54) is 6.92 Å². The van der Waals surface area contributed by atoms with Crippen LogP contribution in [0.25, 0.3) is 0 Å². The molecule has 0 N–H and O–H groups in total. The topological polar surface area (TPSA) is 35.5 Å². The third-order valence-corrected chi connectivity index (χ3v) is 1.24. The smallest absolute Gasteiger partial charge is 0.302 e. The quantitative estimate of drug-likeness (QED) is 0.594. The molecular weight excluding hydrogens is 156 g/mol. The first-order valence-electron chi connectivity index (χ1n) is 4.27. The molecule has 3 nitrogen and oxygen atoms in total. The van der Waals surface area contributed by atoms with Crippen LogP contribution in [0.15, 0.2) is 0 Å². The summed E-state index contributed by atoms with van der Waals surface area (Å²) in [6, 6.07) is 0. The van der Waals surface area contributed by atoms with Crippen molar-refractivity contribution >= 4 is 5.97 Å². The Hall–Kier alpha value is -0.570. The lowest BCUT2D eigenvalue weighted by Gasteiger charge is -2.13. The number of esters is 1. The molecule has 0 saturated heterocycles. The summed E-state index contributed by atoms with van der Waals surface area (Å²) in [5.74, 6) is 0.264. The summed E-state index contributed by atoms with van der Waals surface area (Å²) < 4.78 is 10.1. The third-order valence-electron chi connectivity index (χ3n) is 1.24. The molecule has 0 amide bonds. The summed E-state index contributed by atoms with van der Waals surface area (Å²) in [6.45, 7) is 8.52. The molecule has 0 fully saturated rings. The molecule has 0 radical (unpaired) electrons.